The topological polar surface area (TPSA) is 52.6 Å². The molecule has 2 aromatic rings. The summed E-state index contributed by atoms with van der Waals surface area (Å²) in [5.74, 6) is -5.13. The van der Waals surface area contributed by atoms with Gasteiger partial charge in [0.15, 0.2) is 5.78 Å². The van der Waals surface area contributed by atoms with Gasteiger partial charge in [0, 0.05) is 5.92 Å². The first kappa shape index (κ1) is 21.4. The van der Waals surface area contributed by atoms with Crippen LogP contribution in [0.15, 0.2) is 42.5 Å². The predicted octanol–water partition coefficient (Wildman–Crippen LogP) is 4.81. The molecule has 0 aromatic heterocycles. The number of ether oxygens (including phenoxy) is 2. The summed E-state index contributed by atoms with van der Waals surface area (Å²) in [4.78, 5) is 23.6. The lowest BCUT2D eigenvalue weighted by Crippen LogP contribution is -2.20. The number of methoxy groups -OCH3 is 1. The van der Waals surface area contributed by atoms with Crippen molar-refractivity contribution in [3.63, 3.8) is 0 Å². The molecular formula is C20H18F4O4. The Bertz CT molecular complexity index is 847. The molecule has 0 bridgehead atoms. The number of rotatable bonds is 7. The number of carbonyl (C=O) groups excluding carboxylic acids is 2. The molecule has 0 aliphatic rings. The number of esters is 1. The van der Waals surface area contributed by atoms with E-state index in [4.69, 9.17) is 4.74 Å². The van der Waals surface area contributed by atoms with Crippen LogP contribution in [0.3, 0.4) is 0 Å². The van der Waals surface area contributed by atoms with Crippen LogP contribution in [-0.2, 0) is 22.3 Å². The fourth-order valence-electron chi connectivity index (χ4n) is 2.56. The molecule has 0 aliphatic heterocycles. The van der Waals surface area contributed by atoms with E-state index in [1.807, 2.05) is 0 Å². The number of benzene rings is 2. The van der Waals surface area contributed by atoms with Crippen molar-refractivity contribution in [2.24, 2.45) is 5.92 Å². The van der Waals surface area contributed by atoms with Gasteiger partial charge in [-0.15, -0.1) is 0 Å². The molecule has 2 rings (SSSR count). The molecule has 0 spiro atoms. The zero-order valence-corrected chi connectivity index (χ0v) is 15.2. The van der Waals surface area contributed by atoms with Gasteiger partial charge < -0.3 is 9.47 Å². The summed E-state index contributed by atoms with van der Waals surface area (Å²) in [5, 5.41) is 0. The molecule has 0 aliphatic carbocycles. The van der Waals surface area contributed by atoms with Crippen LogP contribution in [0.5, 0.6) is 5.75 Å². The molecule has 0 fully saturated rings. The van der Waals surface area contributed by atoms with Crippen LogP contribution in [0, 0.1) is 11.7 Å². The van der Waals surface area contributed by atoms with Crippen molar-refractivity contribution in [2.45, 2.75) is 26.1 Å². The van der Waals surface area contributed by atoms with Crippen LogP contribution in [0.4, 0.5) is 17.6 Å². The average Bonchev–Trinajstić information content (AvgIpc) is 2.65. The predicted molar refractivity (Wildman–Crippen MR) is 92.3 cm³/mol. The Balaban J connectivity index is 2.35. The van der Waals surface area contributed by atoms with Gasteiger partial charge in [0.2, 0.25) is 0 Å². The highest BCUT2D eigenvalue weighted by molar-refractivity contribution is 5.99. The van der Waals surface area contributed by atoms with Crippen molar-refractivity contribution in [3.05, 3.63) is 65.0 Å². The Morgan fingerprint density at radius 2 is 1.71 bits per heavy atom. The highest BCUT2D eigenvalue weighted by Gasteiger charge is 2.40. The minimum Gasteiger partial charge on any atom is -0.488 e. The maximum absolute atomic E-state index is 14.6. The second-order valence-electron chi connectivity index (χ2n) is 6.12. The fourth-order valence-corrected chi connectivity index (χ4v) is 2.56. The van der Waals surface area contributed by atoms with Crippen LogP contribution < -0.4 is 4.74 Å². The van der Waals surface area contributed by atoms with E-state index < -0.39 is 46.5 Å². The summed E-state index contributed by atoms with van der Waals surface area (Å²) in [7, 11) is 1.11. The van der Waals surface area contributed by atoms with Gasteiger partial charge >= 0.3 is 12.1 Å². The molecule has 0 heterocycles. The summed E-state index contributed by atoms with van der Waals surface area (Å²) in [6.07, 6.45) is -5.44. The second kappa shape index (κ2) is 8.86. The molecule has 0 N–H and O–H groups in total. The lowest BCUT2D eigenvalue weighted by molar-refractivity contribution is -0.142. The monoisotopic (exact) mass is 398 g/mol. The molecule has 28 heavy (non-hydrogen) atoms. The van der Waals surface area contributed by atoms with Crippen LogP contribution in [0.25, 0.3) is 0 Å². The lowest BCUT2D eigenvalue weighted by atomic mass is 9.94. The van der Waals surface area contributed by atoms with Crippen molar-refractivity contribution in [1.29, 1.82) is 0 Å². The van der Waals surface area contributed by atoms with Gasteiger partial charge in [-0.25, -0.2) is 4.39 Å². The van der Waals surface area contributed by atoms with Gasteiger partial charge in [0.1, 0.15) is 23.7 Å². The molecular weight excluding hydrogens is 380 g/mol. The Morgan fingerprint density at radius 1 is 1.07 bits per heavy atom. The van der Waals surface area contributed by atoms with Gasteiger partial charge in [-0.2, -0.15) is 13.2 Å². The van der Waals surface area contributed by atoms with E-state index >= 15 is 0 Å². The Hall–Kier alpha value is -2.90. The van der Waals surface area contributed by atoms with Crippen LogP contribution >= 0.6 is 0 Å². The second-order valence-corrected chi connectivity index (χ2v) is 6.12. The van der Waals surface area contributed by atoms with E-state index in [2.05, 4.69) is 4.74 Å². The number of ketones is 1. The summed E-state index contributed by atoms with van der Waals surface area (Å²) < 4.78 is 64.5. The number of alkyl halides is 3. The molecule has 4 nitrogen and oxygen atoms in total. The Labute approximate surface area is 159 Å². The van der Waals surface area contributed by atoms with Gasteiger partial charge in [-0.1, -0.05) is 37.3 Å². The highest BCUT2D eigenvalue weighted by Crippen LogP contribution is 2.40. The smallest absolute Gasteiger partial charge is 0.422 e. The quantitative estimate of drug-likeness (QED) is 0.382. The third-order valence-electron chi connectivity index (χ3n) is 4.04. The first-order chi connectivity index (χ1) is 13.1. The zero-order valence-electron chi connectivity index (χ0n) is 15.2. The van der Waals surface area contributed by atoms with Gasteiger partial charge in [-0.05, 0) is 17.7 Å². The summed E-state index contributed by atoms with van der Waals surface area (Å²) in [5.41, 5.74) is -1.81. The van der Waals surface area contributed by atoms with Crippen LogP contribution in [0.2, 0.25) is 0 Å². The van der Waals surface area contributed by atoms with Crippen molar-refractivity contribution < 1.29 is 36.6 Å². The molecule has 1 unspecified atom stereocenters. The highest BCUT2D eigenvalue weighted by atomic mass is 19.4. The molecule has 2 aromatic carbocycles. The lowest BCUT2D eigenvalue weighted by Gasteiger charge is -2.18. The molecule has 0 amide bonds. The van der Waals surface area contributed by atoms with Crippen molar-refractivity contribution >= 4 is 11.8 Å². The van der Waals surface area contributed by atoms with Gasteiger partial charge in [0.25, 0.3) is 0 Å². The van der Waals surface area contributed by atoms with E-state index in [0.29, 0.717) is 5.56 Å². The summed E-state index contributed by atoms with van der Waals surface area (Å²) in [6.45, 7) is 1.11. The zero-order chi connectivity index (χ0) is 20.9. The average molecular weight is 398 g/mol. The van der Waals surface area contributed by atoms with Gasteiger partial charge in [0.05, 0.1) is 19.1 Å². The largest absolute Gasteiger partial charge is 0.488 e. The molecule has 1 atom stereocenters. The van der Waals surface area contributed by atoms with E-state index in [9.17, 15) is 27.2 Å². The normalized spacial score (nSPS) is 12.4. The van der Waals surface area contributed by atoms with E-state index in [-0.39, 0.29) is 13.0 Å². The standard InChI is InChI=1S/C20H18F4O4/c1-12(10-16(25)27-2)19(26)14-8-9-15(17(18(14)21)20(22,23)24)28-11-13-6-4-3-5-7-13/h3-9,12H,10-11H2,1-2H3. The number of carbonyl (C=O) groups is 2. The first-order valence-corrected chi connectivity index (χ1v) is 8.32. The maximum Gasteiger partial charge on any atom is 0.422 e. The Kier molecular flexibility index (Phi) is 6.77. The molecule has 0 saturated heterocycles. The van der Waals surface area contributed by atoms with E-state index in [1.165, 1.54) is 6.92 Å². The third kappa shape index (κ3) is 5.09. The van der Waals surface area contributed by atoms with Crippen LogP contribution in [0.1, 0.15) is 34.8 Å². The number of Topliss-reactive ketones (excluding diaryl/α,β-unsaturated/α-hetero) is 1. The molecule has 8 heteroatoms. The number of hydrogen-bond donors (Lipinski definition) is 0. The fraction of sp³-hybridized carbons (Fsp3) is 0.300. The van der Waals surface area contributed by atoms with Crippen molar-refractivity contribution in [2.75, 3.05) is 7.11 Å². The number of hydrogen-bond acceptors (Lipinski definition) is 4. The molecule has 0 radical (unpaired) electrons. The third-order valence-corrected chi connectivity index (χ3v) is 4.04. The maximum atomic E-state index is 14.6. The summed E-state index contributed by atoms with van der Waals surface area (Å²) in [6, 6.07) is 10.3. The molecule has 0 saturated carbocycles. The first-order valence-electron chi connectivity index (χ1n) is 8.32. The number of halogens is 4. The van der Waals surface area contributed by atoms with E-state index in [1.54, 1.807) is 30.3 Å². The van der Waals surface area contributed by atoms with Crippen LogP contribution in [-0.4, -0.2) is 18.9 Å². The van der Waals surface area contributed by atoms with Crippen molar-refractivity contribution in [3.8, 4) is 5.75 Å². The molecule has 150 valence electrons. The minimum atomic E-state index is -5.07. The van der Waals surface area contributed by atoms with Crippen molar-refractivity contribution in [1.82, 2.24) is 0 Å². The SMILES string of the molecule is COC(=O)CC(C)C(=O)c1ccc(OCc2ccccc2)c(C(F)(F)F)c1F. The van der Waals surface area contributed by atoms with E-state index in [0.717, 1.165) is 19.2 Å². The minimum absolute atomic E-state index is 0.199. The summed E-state index contributed by atoms with van der Waals surface area (Å²) >= 11 is 0. The Morgan fingerprint density at radius 3 is 2.29 bits per heavy atom. The van der Waals surface area contributed by atoms with Gasteiger partial charge in [-0.3, -0.25) is 9.59 Å².